The van der Waals surface area contributed by atoms with Crippen molar-refractivity contribution in [3.8, 4) is 0 Å². The van der Waals surface area contributed by atoms with Gasteiger partial charge in [-0.05, 0) is 103 Å². The van der Waals surface area contributed by atoms with Crippen LogP contribution in [-0.2, 0) is 28.6 Å². The van der Waals surface area contributed by atoms with E-state index in [2.05, 4.69) is 32.6 Å². The van der Waals surface area contributed by atoms with E-state index in [4.69, 9.17) is 14.2 Å². The van der Waals surface area contributed by atoms with Gasteiger partial charge in [0.15, 0.2) is 0 Å². The van der Waals surface area contributed by atoms with Crippen molar-refractivity contribution in [3.05, 3.63) is 0 Å². The summed E-state index contributed by atoms with van der Waals surface area (Å²) in [6, 6.07) is 0. The first kappa shape index (κ1) is 56.4. The molecule has 7 heteroatoms. The van der Waals surface area contributed by atoms with Crippen LogP contribution in [0.25, 0.3) is 0 Å². The molecule has 0 spiro atoms. The molecule has 7 nitrogen and oxygen atoms in total. The maximum atomic E-state index is 12.7. The first-order valence-electron chi connectivity index (χ1n) is 25.4. The average molecular weight is 822 g/mol. The molecular formula is C51H99NO6. The summed E-state index contributed by atoms with van der Waals surface area (Å²) in [4.78, 5) is 39.8. The molecule has 0 saturated heterocycles. The molecule has 0 fully saturated rings. The van der Waals surface area contributed by atoms with Crippen molar-refractivity contribution in [1.82, 2.24) is 4.90 Å². The van der Waals surface area contributed by atoms with Crippen LogP contribution in [0.4, 0.5) is 0 Å². The number of carbonyl (C=O) groups is 3. The predicted octanol–water partition coefficient (Wildman–Crippen LogP) is 14.9. The first-order chi connectivity index (χ1) is 28.2. The fraction of sp³-hybridized carbons (Fsp3) is 0.941. The number of ether oxygens (including phenoxy) is 3. The molecule has 0 aliphatic heterocycles. The van der Waals surface area contributed by atoms with Crippen molar-refractivity contribution < 1.29 is 28.6 Å². The van der Waals surface area contributed by atoms with E-state index in [9.17, 15) is 14.4 Å². The minimum Gasteiger partial charge on any atom is -0.466 e. The maximum Gasteiger partial charge on any atom is 0.306 e. The number of unbranched alkanes of at least 4 members (excludes halogenated alkanes) is 20. The summed E-state index contributed by atoms with van der Waals surface area (Å²) in [6.07, 6.45) is 39.9. The van der Waals surface area contributed by atoms with E-state index in [-0.39, 0.29) is 24.0 Å². The molecule has 0 aromatic carbocycles. The van der Waals surface area contributed by atoms with Crippen LogP contribution in [0.3, 0.4) is 0 Å². The van der Waals surface area contributed by atoms with Gasteiger partial charge in [0.25, 0.3) is 0 Å². The molecule has 0 aromatic heterocycles. The second-order valence-electron chi connectivity index (χ2n) is 18.1. The fourth-order valence-electron chi connectivity index (χ4n) is 8.15. The molecule has 0 aromatic rings. The lowest BCUT2D eigenvalue weighted by molar-refractivity contribution is -0.150. The van der Waals surface area contributed by atoms with Crippen molar-refractivity contribution in [3.63, 3.8) is 0 Å². The van der Waals surface area contributed by atoms with Gasteiger partial charge in [-0.25, -0.2) is 0 Å². The molecule has 58 heavy (non-hydrogen) atoms. The van der Waals surface area contributed by atoms with Gasteiger partial charge in [-0.15, -0.1) is 0 Å². The van der Waals surface area contributed by atoms with Gasteiger partial charge in [0.1, 0.15) is 6.10 Å². The Morgan fingerprint density at radius 1 is 0.397 bits per heavy atom. The number of hydrogen-bond donors (Lipinski definition) is 0. The van der Waals surface area contributed by atoms with Crippen LogP contribution < -0.4 is 0 Å². The molecule has 0 aliphatic carbocycles. The highest BCUT2D eigenvalue weighted by Crippen LogP contribution is 2.24. The Bertz CT molecular complexity index is 831. The number of hydrogen-bond acceptors (Lipinski definition) is 7. The molecule has 0 amide bonds. The lowest BCUT2D eigenvalue weighted by Gasteiger charge is -2.18. The van der Waals surface area contributed by atoms with Crippen LogP contribution in [0.15, 0.2) is 0 Å². The average Bonchev–Trinajstić information content (AvgIpc) is 3.19. The largest absolute Gasteiger partial charge is 0.466 e. The summed E-state index contributed by atoms with van der Waals surface area (Å²) < 4.78 is 17.3. The van der Waals surface area contributed by atoms with Gasteiger partial charge in [0.05, 0.1) is 13.2 Å². The minimum absolute atomic E-state index is 0.00609. The predicted molar refractivity (Wildman–Crippen MR) is 246 cm³/mol. The molecule has 0 heterocycles. The third kappa shape index (κ3) is 39.8. The van der Waals surface area contributed by atoms with E-state index < -0.39 is 0 Å². The van der Waals surface area contributed by atoms with Crippen LogP contribution in [0, 0.1) is 11.8 Å². The van der Waals surface area contributed by atoms with Gasteiger partial charge in [0.2, 0.25) is 0 Å². The lowest BCUT2D eigenvalue weighted by atomic mass is 9.92. The van der Waals surface area contributed by atoms with Gasteiger partial charge in [-0.1, -0.05) is 169 Å². The van der Waals surface area contributed by atoms with Crippen molar-refractivity contribution >= 4 is 17.9 Å². The van der Waals surface area contributed by atoms with Crippen LogP contribution in [0.5, 0.6) is 0 Å². The van der Waals surface area contributed by atoms with Crippen molar-refractivity contribution in [2.75, 3.05) is 33.9 Å². The van der Waals surface area contributed by atoms with Crippen molar-refractivity contribution in [1.29, 1.82) is 0 Å². The van der Waals surface area contributed by atoms with Gasteiger partial charge in [0, 0.05) is 19.3 Å². The van der Waals surface area contributed by atoms with Gasteiger partial charge in [-0.3, -0.25) is 14.4 Å². The highest BCUT2D eigenvalue weighted by atomic mass is 16.5. The third-order valence-corrected chi connectivity index (χ3v) is 11.9. The Morgan fingerprint density at radius 2 is 0.724 bits per heavy atom. The Kier molecular flexibility index (Phi) is 42.2. The van der Waals surface area contributed by atoms with E-state index in [0.29, 0.717) is 44.3 Å². The topological polar surface area (TPSA) is 82.1 Å². The van der Waals surface area contributed by atoms with E-state index >= 15 is 0 Å². The Morgan fingerprint density at radius 3 is 1.07 bits per heavy atom. The third-order valence-electron chi connectivity index (χ3n) is 11.9. The summed E-state index contributed by atoms with van der Waals surface area (Å²) >= 11 is 0. The Labute approximate surface area is 361 Å². The minimum atomic E-state index is -0.0414. The molecule has 0 radical (unpaired) electrons. The lowest BCUT2D eigenvalue weighted by Crippen LogP contribution is -2.20. The molecule has 0 bridgehead atoms. The second-order valence-corrected chi connectivity index (χ2v) is 18.1. The Balaban J connectivity index is 4.25. The monoisotopic (exact) mass is 822 g/mol. The molecule has 0 N–H and O–H groups in total. The van der Waals surface area contributed by atoms with E-state index in [1.165, 1.54) is 128 Å². The zero-order valence-corrected chi connectivity index (χ0v) is 39.7. The highest BCUT2D eigenvalue weighted by molar-refractivity contribution is 5.70. The fourth-order valence-corrected chi connectivity index (χ4v) is 8.15. The van der Waals surface area contributed by atoms with E-state index in [1.807, 2.05) is 14.1 Å². The Hall–Kier alpha value is -1.63. The maximum absolute atomic E-state index is 12.7. The van der Waals surface area contributed by atoms with Crippen LogP contribution in [0.1, 0.15) is 259 Å². The van der Waals surface area contributed by atoms with Crippen molar-refractivity contribution in [2.24, 2.45) is 11.8 Å². The van der Waals surface area contributed by atoms with Crippen LogP contribution >= 0.6 is 0 Å². The smallest absolute Gasteiger partial charge is 0.306 e. The zero-order valence-electron chi connectivity index (χ0n) is 39.7. The summed E-state index contributed by atoms with van der Waals surface area (Å²) in [5.41, 5.74) is 0. The second kappa shape index (κ2) is 43.5. The highest BCUT2D eigenvalue weighted by Gasteiger charge is 2.17. The van der Waals surface area contributed by atoms with E-state index in [0.717, 1.165) is 90.0 Å². The van der Waals surface area contributed by atoms with Gasteiger partial charge in [-0.2, -0.15) is 0 Å². The van der Waals surface area contributed by atoms with Crippen molar-refractivity contribution in [2.45, 2.75) is 265 Å². The molecular weight excluding hydrogens is 723 g/mol. The summed E-state index contributed by atoms with van der Waals surface area (Å²) in [5, 5.41) is 0. The van der Waals surface area contributed by atoms with E-state index in [1.54, 1.807) is 0 Å². The molecule has 0 saturated carbocycles. The molecule has 0 unspecified atom stereocenters. The summed E-state index contributed by atoms with van der Waals surface area (Å²) in [6.45, 7) is 11.0. The quantitative estimate of drug-likeness (QED) is 0.0344. The normalized spacial score (nSPS) is 11.7. The summed E-state index contributed by atoms with van der Waals surface area (Å²) in [5.74, 6) is 0.955. The number of esters is 3. The molecule has 0 rings (SSSR count). The first-order valence-corrected chi connectivity index (χ1v) is 25.4. The zero-order chi connectivity index (χ0) is 42.7. The number of rotatable bonds is 45. The standard InChI is InChI=1S/C51H99NO6/c1-7-11-25-34-46(35-26-12-8-2)44-50(54)56-42-31-23-19-15-17-21-29-38-48(58-49(53)40-33-41-52(5)6)39-30-22-18-16-20-24-32-43-57-51(55)45-47(36-27-13-9-3)37-28-14-10-4/h46-48H,7-45H2,1-6H3. The van der Waals surface area contributed by atoms with Crippen LogP contribution in [-0.4, -0.2) is 62.8 Å². The SMILES string of the molecule is CCCCCC(CCCCC)CC(=O)OCCCCCCCCCC(CCCCCCCCCOC(=O)CC(CCCCC)CCCCC)OC(=O)CCCN(C)C. The molecule has 0 atom stereocenters. The molecule has 344 valence electrons. The number of nitrogens with zero attached hydrogens (tertiary/aromatic N) is 1. The van der Waals surface area contributed by atoms with Crippen LogP contribution in [0.2, 0.25) is 0 Å². The van der Waals surface area contributed by atoms with Gasteiger partial charge < -0.3 is 19.1 Å². The van der Waals surface area contributed by atoms with Gasteiger partial charge >= 0.3 is 17.9 Å². The molecule has 0 aliphatic rings. The number of carbonyl (C=O) groups excluding carboxylic acids is 3. The summed E-state index contributed by atoms with van der Waals surface area (Å²) in [7, 11) is 4.08.